The number of aliphatic hydroxyl groups is 7. The van der Waals surface area contributed by atoms with Crippen molar-refractivity contribution in [2.75, 3.05) is 19.8 Å². The third kappa shape index (κ3) is 12.5. The highest BCUT2D eigenvalue weighted by Crippen LogP contribution is 2.30. The maximum absolute atomic E-state index is 10.7. The molecule has 0 aliphatic carbocycles. The molecule has 0 spiro atoms. The summed E-state index contributed by atoms with van der Waals surface area (Å²) in [5.74, 6) is 2.28. The van der Waals surface area contributed by atoms with Gasteiger partial charge < -0.3 is 54.7 Å². The van der Waals surface area contributed by atoms with E-state index < -0.39 is 74.6 Å². The third-order valence-corrected chi connectivity index (χ3v) is 8.79. The van der Waals surface area contributed by atoms with Crippen LogP contribution >= 0.6 is 0 Å². The van der Waals surface area contributed by atoms with Crippen molar-refractivity contribution in [2.45, 2.75) is 154 Å². The highest BCUT2D eigenvalue weighted by Gasteiger charge is 2.50. The van der Waals surface area contributed by atoms with Crippen molar-refractivity contribution in [1.82, 2.24) is 0 Å². The van der Waals surface area contributed by atoms with Gasteiger partial charge in [0.1, 0.15) is 48.8 Å². The van der Waals surface area contributed by atoms with Crippen molar-refractivity contribution in [3.8, 4) is 0 Å². The van der Waals surface area contributed by atoms with E-state index in [4.69, 9.17) is 18.9 Å². The lowest BCUT2D eigenvalue weighted by molar-refractivity contribution is -0.358. The Balaban J connectivity index is 1.73. The van der Waals surface area contributed by atoms with Gasteiger partial charge in [-0.25, -0.2) is 0 Å². The van der Waals surface area contributed by atoms with Crippen LogP contribution in [-0.4, -0.2) is 117 Å². The highest BCUT2D eigenvalue weighted by molar-refractivity contribution is 4.99. The molecule has 254 valence electrons. The van der Waals surface area contributed by atoms with E-state index in [2.05, 4.69) is 27.7 Å². The maximum Gasteiger partial charge on any atom is 0.187 e. The van der Waals surface area contributed by atoms with E-state index >= 15 is 0 Å². The Kier molecular flexibility index (Phi) is 17.7. The van der Waals surface area contributed by atoms with Gasteiger partial charge >= 0.3 is 0 Å². The zero-order valence-corrected chi connectivity index (χ0v) is 26.8. The number of rotatable bonds is 19. The first-order chi connectivity index (χ1) is 20.4. The fraction of sp³-hybridized carbons (Fsp3) is 0.938. The molecular formula is C32H60O11. The van der Waals surface area contributed by atoms with Crippen LogP contribution in [0.2, 0.25) is 0 Å². The molecule has 0 aromatic rings. The fourth-order valence-electron chi connectivity index (χ4n) is 5.79. The van der Waals surface area contributed by atoms with Crippen LogP contribution in [-0.2, 0) is 18.9 Å². The summed E-state index contributed by atoms with van der Waals surface area (Å²) in [6, 6.07) is 0. The molecule has 2 heterocycles. The quantitative estimate of drug-likeness (QED) is 0.105. The number of ether oxygens (including phenoxy) is 4. The Bertz CT molecular complexity index is 776. The molecule has 43 heavy (non-hydrogen) atoms. The SMILES string of the molecule is CC(=CCOC1OC(CO)C(OC2OC(CO)C(O)C(O)C2O)C(O)C1O)CCCC(C)CCCC(C)CCCC(C)C. The van der Waals surface area contributed by atoms with Gasteiger partial charge in [0.05, 0.1) is 19.8 Å². The number of aliphatic hydroxyl groups excluding tert-OH is 7. The van der Waals surface area contributed by atoms with Gasteiger partial charge in [-0.05, 0) is 37.5 Å². The number of hydrogen-bond acceptors (Lipinski definition) is 11. The molecule has 0 bridgehead atoms. The first-order valence-corrected chi connectivity index (χ1v) is 16.2. The summed E-state index contributed by atoms with van der Waals surface area (Å²) in [6.07, 6.45) is -1.67. The average molecular weight is 621 g/mol. The molecule has 0 amide bonds. The van der Waals surface area contributed by atoms with Crippen molar-refractivity contribution in [1.29, 1.82) is 0 Å². The lowest BCUT2D eigenvalue weighted by Gasteiger charge is -2.45. The second kappa shape index (κ2) is 19.7. The van der Waals surface area contributed by atoms with Crippen LogP contribution in [0.1, 0.15) is 92.4 Å². The van der Waals surface area contributed by atoms with Crippen LogP contribution in [0.5, 0.6) is 0 Å². The van der Waals surface area contributed by atoms with E-state index in [0.29, 0.717) is 5.92 Å². The number of hydrogen-bond donors (Lipinski definition) is 7. The predicted molar refractivity (Wildman–Crippen MR) is 161 cm³/mol. The minimum atomic E-state index is -1.71. The fourth-order valence-corrected chi connectivity index (χ4v) is 5.79. The smallest absolute Gasteiger partial charge is 0.187 e. The van der Waals surface area contributed by atoms with Gasteiger partial charge in [0.2, 0.25) is 0 Å². The molecule has 2 aliphatic rings. The first kappa shape index (κ1) is 38.5. The molecule has 7 N–H and O–H groups in total. The highest BCUT2D eigenvalue weighted by atomic mass is 16.7. The molecule has 0 aromatic heterocycles. The molecule has 0 radical (unpaired) electrons. The standard InChI is InChI=1S/C32H60O11/c1-19(2)9-6-10-20(3)11-7-12-21(4)13-8-14-22(5)15-16-40-31-29(39)27(37)30(24(18-34)42-31)43-32-28(38)26(36)25(35)23(17-33)41-32/h15,19-21,23-39H,6-14,16-18H2,1-5H3. The molecule has 11 heteroatoms. The van der Waals surface area contributed by atoms with Crippen LogP contribution in [0.15, 0.2) is 11.6 Å². The monoisotopic (exact) mass is 620 g/mol. The summed E-state index contributed by atoms with van der Waals surface area (Å²) < 4.78 is 22.2. The second-order valence-corrected chi connectivity index (χ2v) is 13.2. The molecule has 2 aliphatic heterocycles. The van der Waals surface area contributed by atoms with Crippen LogP contribution in [0.4, 0.5) is 0 Å². The van der Waals surface area contributed by atoms with Crippen molar-refractivity contribution >= 4 is 0 Å². The predicted octanol–water partition coefficient (Wildman–Crippen LogP) is 2.01. The topological polar surface area (TPSA) is 179 Å². The van der Waals surface area contributed by atoms with Gasteiger partial charge in [0.15, 0.2) is 12.6 Å². The lowest BCUT2D eigenvalue weighted by atomic mass is 9.91. The largest absolute Gasteiger partial charge is 0.394 e. The average Bonchev–Trinajstić information content (AvgIpc) is 2.96. The van der Waals surface area contributed by atoms with E-state index in [1.807, 2.05) is 13.0 Å². The number of allylic oxidation sites excluding steroid dienone is 1. The molecule has 0 saturated carbocycles. The van der Waals surface area contributed by atoms with Crippen molar-refractivity contribution in [3.05, 3.63) is 11.6 Å². The first-order valence-electron chi connectivity index (χ1n) is 16.2. The van der Waals surface area contributed by atoms with Crippen LogP contribution in [0.25, 0.3) is 0 Å². The Morgan fingerprint density at radius 3 is 1.79 bits per heavy atom. The van der Waals surface area contributed by atoms with Gasteiger partial charge in [-0.1, -0.05) is 84.3 Å². The van der Waals surface area contributed by atoms with Gasteiger partial charge in [-0.2, -0.15) is 0 Å². The summed E-state index contributed by atoms with van der Waals surface area (Å²) in [5, 5.41) is 70.8. The second-order valence-electron chi connectivity index (χ2n) is 13.2. The van der Waals surface area contributed by atoms with E-state index in [9.17, 15) is 35.7 Å². The van der Waals surface area contributed by atoms with Gasteiger partial charge in [-0.3, -0.25) is 0 Å². The summed E-state index contributed by atoms with van der Waals surface area (Å²) in [6.45, 7) is 10.2. The van der Waals surface area contributed by atoms with Crippen molar-refractivity contribution in [3.63, 3.8) is 0 Å². The van der Waals surface area contributed by atoms with Gasteiger partial charge in [0, 0.05) is 0 Å². The Morgan fingerprint density at radius 1 is 0.674 bits per heavy atom. The summed E-state index contributed by atoms with van der Waals surface area (Å²) in [4.78, 5) is 0. The van der Waals surface area contributed by atoms with Crippen LogP contribution < -0.4 is 0 Å². The van der Waals surface area contributed by atoms with Crippen molar-refractivity contribution in [2.24, 2.45) is 17.8 Å². The maximum atomic E-state index is 10.7. The molecular weight excluding hydrogens is 560 g/mol. The molecule has 11 nitrogen and oxygen atoms in total. The van der Waals surface area contributed by atoms with Crippen molar-refractivity contribution < 1.29 is 54.7 Å². The zero-order chi connectivity index (χ0) is 32.1. The van der Waals surface area contributed by atoms with Gasteiger partial charge in [0.25, 0.3) is 0 Å². The third-order valence-electron chi connectivity index (χ3n) is 8.79. The Hall–Kier alpha value is -0.700. The van der Waals surface area contributed by atoms with E-state index in [0.717, 1.165) is 30.3 Å². The molecule has 0 aromatic carbocycles. The Morgan fingerprint density at radius 2 is 1.21 bits per heavy atom. The van der Waals surface area contributed by atoms with E-state index in [1.165, 1.54) is 44.9 Å². The summed E-state index contributed by atoms with van der Waals surface area (Å²) >= 11 is 0. The van der Waals surface area contributed by atoms with Gasteiger partial charge in [-0.15, -0.1) is 0 Å². The summed E-state index contributed by atoms with van der Waals surface area (Å²) in [7, 11) is 0. The summed E-state index contributed by atoms with van der Waals surface area (Å²) in [5.41, 5.74) is 1.15. The normalized spacial score (nSPS) is 35.3. The minimum Gasteiger partial charge on any atom is -0.394 e. The molecule has 2 saturated heterocycles. The Labute approximate surface area is 257 Å². The van der Waals surface area contributed by atoms with E-state index in [-0.39, 0.29) is 6.61 Å². The molecule has 12 atom stereocenters. The van der Waals surface area contributed by atoms with E-state index in [1.54, 1.807) is 0 Å². The minimum absolute atomic E-state index is 0.140. The molecule has 2 rings (SSSR count). The van der Waals surface area contributed by atoms with Crippen LogP contribution in [0.3, 0.4) is 0 Å². The molecule has 2 fully saturated rings. The van der Waals surface area contributed by atoms with Crippen LogP contribution in [0, 0.1) is 17.8 Å². The zero-order valence-electron chi connectivity index (χ0n) is 26.8. The lowest BCUT2D eigenvalue weighted by Crippen LogP contribution is -2.64. The molecule has 12 unspecified atom stereocenters.